The minimum Gasteiger partial charge on any atom is -0.323 e. The second kappa shape index (κ2) is 5.68. The van der Waals surface area contributed by atoms with Crippen LogP contribution in [0.4, 0.5) is 5.69 Å². The number of amides is 1. The Morgan fingerprint density at radius 2 is 2.33 bits per heavy atom. The summed E-state index contributed by atoms with van der Waals surface area (Å²) in [5.74, 6) is -0.150. The highest BCUT2D eigenvalue weighted by Crippen LogP contribution is 2.23. The van der Waals surface area contributed by atoms with Crippen LogP contribution in [0.3, 0.4) is 0 Å². The molecule has 0 radical (unpaired) electrons. The summed E-state index contributed by atoms with van der Waals surface area (Å²) >= 11 is 14.7. The Morgan fingerprint density at radius 3 is 2.87 bits per heavy atom. The van der Waals surface area contributed by atoms with Crippen LogP contribution in [0.15, 0.2) is 12.3 Å². The molecule has 0 aliphatic heterocycles. The first-order valence-corrected chi connectivity index (χ1v) is 5.97. The molecular formula is C9H9BrCl2N2O. The normalized spacial score (nSPS) is 12.3. The molecule has 0 bridgehead atoms. The molecular weight excluding hydrogens is 303 g/mol. The van der Waals surface area contributed by atoms with Gasteiger partial charge in [0.15, 0.2) is 0 Å². The first kappa shape index (κ1) is 12.7. The lowest BCUT2D eigenvalue weighted by Gasteiger charge is -2.09. The van der Waals surface area contributed by atoms with Gasteiger partial charge in [-0.05, 0) is 12.5 Å². The molecule has 0 aromatic carbocycles. The van der Waals surface area contributed by atoms with Gasteiger partial charge in [-0.3, -0.25) is 4.79 Å². The first-order valence-electron chi connectivity index (χ1n) is 4.30. The Morgan fingerprint density at radius 1 is 1.67 bits per heavy atom. The fourth-order valence-corrected chi connectivity index (χ4v) is 1.42. The lowest BCUT2D eigenvalue weighted by Crippen LogP contribution is -2.22. The second-order valence-corrected chi connectivity index (χ2v) is 4.75. The van der Waals surface area contributed by atoms with E-state index in [0.29, 0.717) is 22.3 Å². The topological polar surface area (TPSA) is 42.0 Å². The maximum atomic E-state index is 11.5. The summed E-state index contributed by atoms with van der Waals surface area (Å²) in [5, 5.41) is 3.32. The molecule has 1 heterocycles. The molecule has 0 aliphatic rings. The number of alkyl halides is 1. The Hall–Kier alpha value is -0.320. The Kier molecular flexibility index (Phi) is 4.83. The summed E-state index contributed by atoms with van der Waals surface area (Å²) in [7, 11) is 0. The van der Waals surface area contributed by atoms with E-state index < -0.39 is 0 Å². The van der Waals surface area contributed by atoms with Gasteiger partial charge >= 0.3 is 0 Å². The maximum absolute atomic E-state index is 11.5. The van der Waals surface area contributed by atoms with Gasteiger partial charge in [0.1, 0.15) is 5.15 Å². The van der Waals surface area contributed by atoms with Crippen molar-refractivity contribution >= 4 is 50.7 Å². The monoisotopic (exact) mass is 310 g/mol. The Labute approximate surface area is 106 Å². The van der Waals surface area contributed by atoms with Crippen molar-refractivity contribution in [3.05, 3.63) is 22.4 Å². The standard InChI is InChI=1S/C9H9BrCl2N2O/c1-2-5(10)9(15)14-7-4-13-8(12)3-6(7)11/h3-5H,2H2,1H3,(H,14,15)/t5-/m0/s1. The summed E-state index contributed by atoms with van der Waals surface area (Å²) in [4.78, 5) is 15.1. The van der Waals surface area contributed by atoms with Crippen LogP contribution in [-0.4, -0.2) is 15.7 Å². The third-order valence-corrected chi connectivity index (χ3v) is 3.30. The van der Waals surface area contributed by atoms with Gasteiger partial charge in [0.25, 0.3) is 0 Å². The molecule has 15 heavy (non-hydrogen) atoms. The van der Waals surface area contributed by atoms with Crippen molar-refractivity contribution < 1.29 is 4.79 Å². The molecule has 0 saturated heterocycles. The Balaban J connectivity index is 2.77. The zero-order chi connectivity index (χ0) is 11.4. The fourth-order valence-electron chi connectivity index (χ4n) is 0.896. The molecule has 0 saturated carbocycles. The average molecular weight is 312 g/mol. The molecule has 0 fully saturated rings. The van der Waals surface area contributed by atoms with Crippen molar-refractivity contribution in [1.82, 2.24) is 4.98 Å². The molecule has 1 aromatic rings. The minimum absolute atomic E-state index is 0.150. The fraction of sp³-hybridized carbons (Fsp3) is 0.333. The van der Waals surface area contributed by atoms with Crippen molar-refractivity contribution in [3.8, 4) is 0 Å². The van der Waals surface area contributed by atoms with Crippen LogP contribution in [-0.2, 0) is 4.79 Å². The van der Waals surface area contributed by atoms with Crippen LogP contribution >= 0.6 is 39.1 Å². The third kappa shape index (κ3) is 3.63. The number of halogens is 3. The largest absolute Gasteiger partial charge is 0.323 e. The number of pyridine rings is 1. The summed E-state index contributed by atoms with van der Waals surface area (Å²) < 4.78 is 0. The summed E-state index contributed by atoms with van der Waals surface area (Å²) in [6.07, 6.45) is 2.13. The quantitative estimate of drug-likeness (QED) is 0.685. The van der Waals surface area contributed by atoms with Crippen molar-refractivity contribution in [1.29, 1.82) is 0 Å². The number of rotatable bonds is 3. The molecule has 82 valence electrons. The van der Waals surface area contributed by atoms with E-state index in [1.807, 2.05) is 6.92 Å². The summed E-state index contributed by atoms with van der Waals surface area (Å²) in [6.45, 7) is 1.90. The minimum atomic E-state index is -0.232. The van der Waals surface area contributed by atoms with E-state index in [-0.39, 0.29) is 10.7 Å². The van der Waals surface area contributed by atoms with Crippen molar-refractivity contribution in [2.45, 2.75) is 18.2 Å². The average Bonchev–Trinajstić information content (AvgIpc) is 2.20. The maximum Gasteiger partial charge on any atom is 0.238 e. The second-order valence-electron chi connectivity index (χ2n) is 2.85. The van der Waals surface area contributed by atoms with Gasteiger partial charge in [-0.2, -0.15) is 0 Å². The number of hydrogen-bond acceptors (Lipinski definition) is 2. The molecule has 1 amide bonds. The van der Waals surface area contributed by atoms with Gasteiger partial charge in [-0.1, -0.05) is 46.1 Å². The van der Waals surface area contributed by atoms with Crippen LogP contribution in [0.5, 0.6) is 0 Å². The van der Waals surface area contributed by atoms with Gasteiger partial charge in [0.2, 0.25) is 5.91 Å². The number of nitrogens with one attached hydrogen (secondary N) is 1. The van der Waals surface area contributed by atoms with E-state index in [4.69, 9.17) is 23.2 Å². The van der Waals surface area contributed by atoms with E-state index in [2.05, 4.69) is 26.2 Å². The van der Waals surface area contributed by atoms with E-state index in [0.717, 1.165) is 0 Å². The Bertz CT molecular complexity index is 373. The van der Waals surface area contributed by atoms with E-state index >= 15 is 0 Å². The molecule has 1 N–H and O–H groups in total. The van der Waals surface area contributed by atoms with Crippen LogP contribution < -0.4 is 5.32 Å². The van der Waals surface area contributed by atoms with E-state index in [9.17, 15) is 4.79 Å². The molecule has 1 atom stereocenters. The van der Waals surface area contributed by atoms with Gasteiger partial charge in [0, 0.05) is 0 Å². The van der Waals surface area contributed by atoms with Crippen LogP contribution in [0.2, 0.25) is 10.2 Å². The predicted molar refractivity (Wildman–Crippen MR) is 65.9 cm³/mol. The lowest BCUT2D eigenvalue weighted by atomic mass is 10.3. The van der Waals surface area contributed by atoms with E-state index in [1.54, 1.807) is 0 Å². The van der Waals surface area contributed by atoms with Crippen LogP contribution in [0.25, 0.3) is 0 Å². The lowest BCUT2D eigenvalue weighted by molar-refractivity contribution is -0.115. The molecule has 1 rings (SSSR count). The third-order valence-electron chi connectivity index (χ3n) is 1.72. The predicted octanol–water partition coefficient (Wildman–Crippen LogP) is 3.50. The SMILES string of the molecule is CC[C@H](Br)C(=O)Nc1cnc(Cl)cc1Cl. The highest BCUT2D eigenvalue weighted by molar-refractivity contribution is 9.10. The number of hydrogen-bond donors (Lipinski definition) is 1. The van der Waals surface area contributed by atoms with Crippen molar-refractivity contribution in [3.63, 3.8) is 0 Å². The van der Waals surface area contributed by atoms with Crippen LogP contribution in [0.1, 0.15) is 13.3 Å². The highest BCUT2D eigenvalue weighted by atomic mass is 79.9. The zero-order valence-corrected chi connectivity index (χ0v) is 11.0. The highest BCUT2D eigenvalue weighted by Gasteiger charge is 2.14. The van der Waals surface area contributed by atoms with E-state index in [1.165, 1.54) is 12.3 Å². The number of carbonyl (C=O) groups is 1. The number of aromatic nitrogens is 1. The molecule has 0 unspecified atom stereocenters. The number of carbonyl (C=O) groups excluding carboxylic acids is 1. The molecule has 0 spiro atoms. The molecule has 0 aliphatic carbocycles. The summed E-state index contributed by atoms with van der Waals surface area (Å²) in [5.41, 5.74) is 0.462. The number of nitrogens with zero attached hydrogens (tertiary/aromatic N) is 1. The number of anilines is 1. The van der Waals surface area contributed by atoms with Gasteiger partial charge < -0.3 is 5.32 Å². The smallest absolute Gasteiger partial charge is 0.238 e. The molecule has 3 nitrogen and oxygen atoms in total. The molecule has 1 aromatic heterocycles. The first-order chi connectivity index (χ1) is 7.04. The molecule has 6 heteroatoms. The summed E-state index contributed by atoms with van der Waals surface area (Å²) in [6, 6.07) is 1.48. The van der Waals surface area contributed by atoms with Gasteiger partial charge in [0.05, 0.1) is 21.7 Å². The van der Waals surface area contributed by atoms with Crippen molar-refractivity contribution in [2.24, 2.45) is 0 Å². The van der Waals surface area contributed by atoms with Gasteiger partial charge in [-0.15, -0.1) is 0 Å². The van der Waals surface area contributed by atoms with Crippen molar-refractivity contribution in [2.75, 3.05) is 5.32 Å². The van der Waals surface area contributed by atoms with Gasteiger partial charge in [-0.25, -0.2) is 4.98 Å². The zero-order valence-electron chi connectivity index (χ0n) is 7.93. The van der Waals surface area contributed by atoms with Crippen LogP contribution in [0, 0.1) is 0 Å².